The third-order valence-electron chi connectivity index (χ3n) is 1.97. The molecule has 1 atom stereocenters. The molecule has 0 heterocycles. The van der Waals surface area contributed by atoms with Crippen molar-refractivity contribution in [3.8, 4) is 6.07 Å². The fourth-order valence-corrected chi connectivity index (χ4v) is 1.15. The van der Waals surface area contributed by atoms with Crippen LogP contribution in [0.15, 0.2) is 24.3 Å². The van der Waals surface area contributed by atoms with Gasteiger partial charge in [0.2, 0.25) is 0 Å². The van der Waals surface area contributed by atoms with E-state index in [1.807, 2.05) is 18.2 Å². The molecule has 1 rings (SSSR count). The number of nitrogens with zero attached hydrogens (tertiary/aromatic N) is 1. The van der Waals surface area contributed by atoms with Crippen LogP contribution in [0.1, 0.15) is 17.2 Å². The summed E-state index contributed by atoms with van der Waals surface area (Å²) in [6, 6.07) is 9.17. The molecule has 1 unspecified atom stereocenters. The molecule has 0 aliphatic heterocycles. The summed E-state index contributed by atoms with van der Waals surface area (Å²) in [5.41, 5.74) is 1.63. The molecular weight excluding hydrogens is 164 g/mol. The van der Waals surface area contributed by atoms with Gasteiger partial charge in [-0.2, -0.15) is 5.26 Å². The number of nitriles is 1. The molecule has 3 heteroatoms. The Morgan fingerprint density at radius 1 is 1.46 bits per heavy atom. The quantitative estimate of drug-likeness (QED) is 0.716. The molecular formula is C10H12N2O. The lowest BCUT2D eigenvalue weighted by Crippen LogP contribution is -2.19. The first-order valence-electron chi connectivity index (χ1n) is 4.10. The second-order valence-electron chi connectivity index (χ2n) is 2.76. The van der Waals surface area contributed by atoms with E-state index in [4.69, 9.17) is 10.4 Å². The van der Waals surface area contributed by atoms with Crippen LogP contribution in [0.25, 0.3) is 0 Å². The maximum atomic E-state index is 8.98. The molecule has 1 aromatic carbocycles. The predicted molar refractivity (Wildman–Crippen MR) is 50.0 cm³/mol. The topological polar surface area (TPSA) is 56.0 Å². The Bertz CT molecular complexity index is 296. The van der Waals surface area contributed by atoms with Gasteiger partial charge in [0.15, 0.2) is 0 Å². The smallest absolute Gasteiger partial charge is 0.0991 e. The molecule has 68 valence electrons. The first kappa shape index (κ1) is 9.72. The van der Waals surface area contributed by atoms with Gasteiger partial charge in [-0.1, -0.05) is 12.1 Å². The fraction of sp³-hybridized carbons (Fsp3) is 0.300. The molecule has 0 aromatic heterocycles. The van der Waals surface area contributed by atoms with E-state index in [2.05, 4.69) is 5.32 Å². The van der Waals surface area contributed by atoms with Crippen LogP contribution < -0.4 is 5.32 Å². The highest BCUT2D eigenvalue weighted by molar-refractivity contribution is 5.32. The summed E-state index contributed by atoms with van der Waals surface area (Å²) in [5, 5.41) is 20.5. The van der Waals surface area contributed by atoms with Gasteiger partial charge in [-0.25, -0.2) is 0 Å². The SMILES string of the molecule is CNC(CO)c1ccc(C#N)cc1. The largest absolute Gasteiger partial charge is 0.394 e. The van der Waals surface area contributed by atoms with Gasteiger partial charge in [-0.3, -0.25) is 0 Å². The molecule has 0 amide bonds. The Balaban J connectivity index is 2.85. The van der Waals surface area contributed by atoms with Crippen molar-refractivity contribution in [1.29, 1.82) is 5.26 Å². The van der Waals surface area contributed by atoms with Crippen molar-refractivity contribution in [2.24, 2.45) is 0 Å². The number of nitrogens with one attached hydrogen (secondary N) is 1. The van der Waals surface area contributed by atoms with Crippen molar-refractivity contribution in [3.05, 3.63) is 35.4 Å². The highest BCUT2D eigenvalue weighted by Crippen LogP contribution is 2.12. The zero-order valence-electron chi connectivity index (χ0n) is 7.49. The molecule has 1 aromatic rings. The summed E-state index contributed by atoms with van der Waals surface area (Å²) >= 11 is 0. The molecule has 0 aliphatic rings. The minimum absolute atomic E-state index is 0.0484. The van der Waals surface area contributed by atoms with Gasteiger partial charge in [-0.05, 0) is 24.7 Å². The van der Waals surface area contributed by atoms with Crippen LogP contribution in [0.4, 0.5) is 0 Å². The van der Waals surface area contributed by atoms with E-state index in [9.17, 15) is 0 Å². The van der Waals surface area contributed by atoms with Crippen LogP contribution >= 0.6 is 0 Å². The Morgan fingerprint density at radius 3 is 2.46 bits per heavy atom. The van der Waals surface area contributed by atoms with E-state index in [0.29, 0.717) is 5.56 Å². The summed E-state index contributed by atoms with van der Waals surface area (Å²) in [5.74, 6) is 0. The van der Waals surface area contributed by atoms with Crippen LogP contribution in [-0.2, 0) is 0 Å². The van der Waals surface area contributed by atoms with Crippen LogP contribution in [0.2, 0.25) is 0 Å². The Morgan fingerprint density at radius 2 is 2.08 bits per heavy atom. The Hall–Kier alpha value is -1.37. The lowest BCUT2D eigenvalue weighted by atomic mass is 10.1. The number of hydrogen-bond donors (Lipinski definition) is 2. The average molecular weight is 176 g/mol. The standard InChI is InChI=1S/C10H12N2O/c1-12-10(7-13)9-4-2-8(6-11)3-5-9/h2-5,10,12-13H,7H2,1H3. The van der Waals surface area contributed by atoms with E-state index in [-0.39, 0.29) is 12.6 Å². The number of rotatable bonds is 3. The van der Waals surface area contributed by atoms with Gasteiger partial charge < -0.3 is 10.4 Å². The number of aliphatic hydroxyl groups excluding tert-OH is 1. The second kappa shape index (κ2) is 4.61. The van der Waals surface area contributed by atoms with Crippen LogP contribution in [-0.4, -0.2) is 18.8 Å². The summed E-state index contributed by atoms with van der Waals surface area (Å²) in [4.78, 5) is 0. The summed E-state index contributed by atoms with van der Waals surface area (Å²) < 4.78 is 0. The van der Waals surface area contributed by atoms with Crippen molar-refractivity contribution in [1.82, 2.24) is 5.32 Å². The number of benzene rings is 1. The predicted octanol–water partition coefficient (Wildman–Crippen LogP) is 0.811. The van der Waals surface area contributed by atoms with E-state index in [1.165, 1.54) is 0 Å². The number of likely N-dealkylation sites (N-methyl/N-ethyl adjacent to an activating group) is 1. The molecule has 0 fully saturated rings. The average Bonchev–Trinajstić information content (AvgIpc) is 2.21. The van der Waals surface area contributed by atoms with Gasteiger partial charge in [0.1, 0.15) is 0 Å². The van der Waals surface area contributed by atoms with Crippen LogP contribution in [0.3, 0.4) is 0 Å². The highest BCUT2D eigenvalue weighted by atomic mass is 16.3. The number of aliphatic hydroxyl groups is 1. The highest BCUT2D eigenvalue weighted by Gasteiger charge is 2.06. The third kappa shape index (κ3) is 2.28. The van der Waals surface area contributed by atoms with Gasteiger partial charge in [-0.15, -0.1) is 0 Å². The monoisotopic (exact) mass is 176 g/mol. The zero-order valence-corrected chi connectivity index (χ0v) is 7.49. The van der Waals surface area contributed by atoms with Crippen molar-refractivity contribution in [2.45, 2.75) is 6.04 Å². The lowest BCUT2D eigenvalue weighted by Gasteiger charge is -2.12. The maximum absolute atomic E-state index is 8.98. The molecule has 0 aliphatic carbocycles. The normalized spacial score (nSPS) is 12.1. The van der Waals surface area contributed by atoms with E-state index in [0.717, 1.165) is 5.56 Å². The van der Waals surface area contributed by atoms with Crippen molar-refractivity contribution < 1.29 is 5.11 Å². The van der Waals surface area contributed by atoms with E-state index >= 15 is 0 Å². The fourth-order valence-electron chi connectivity index (χ4n) is 1.15. The molecule has 0 radical (unpaired) electrons. The third-order valence-corrected chi connectivity index (χ3v) is 1.97. The molecule has 13 heavy (non-hydrogen) atoms. The van der Waals surface area contributed by atoms with Gasteiger partial charge in [0.05, 0.1) is 24.3 Å². The Kier molecular flexibility index (Phi) is 3.44. The van der Waals surface area contributed by atoms with Crippen molar-refractivity contribution in [3.63, 3.8) is 0 Å². The molecule has 2 N–H and O–H groups in total. The second-order valence-corrected chi connectivity index (χ2v) is 2.76. The zero-order chi connectivity index (χ0) is 9.68. The molecule has 0 bridgehead atoms. The van der Waals surface area contributed by atoms with Crippen LogP contribution in [0.5, 0.6) is 0 Å². The Labute approximate surface area is 77.6 Å². The van der Waals surface area contributed by atoms with Gasteiger partial charge in [0, 0.05) is 0 Å². The van der Waals surface area contributed by atoms with Crippen molar-refractivity contribution in [2.75, 3.05) is 13.7 Å². The number of hydrogen-bond acceptors (Lipinski definition) is 3. The lowest BCUT2D eigenvalue weighted by molar-refractivity contribution is 0.251. The maximum Gasteiger partial charge on any atom is 0.0991 e. The minimum atomic E-state index is -0.0484. The van der Waals surface area contributed by atoms with Gasteiger partial charge in [0.25, 0.3) is 0 Å². The molecule has 0 saturated carbocycles. The minimum Gasteiger partial charge on any atom is -0.394 e. The molecule has 3 nitrogen and oxygen atoms in total. The summed E-state index contributed by atoms with van der Waals surface area (Å²) in [7, 11) is 1.79. The van der Waals surface area contributed by atoms with Crippen molar-refractivity contribution >= 4 is 0 Å². The van der Waals surface area contributed by atoms with E-state index < -0.39 is 0 Å². The van der Waals surface area contributed by atoms with Crippen LogP contribution in [0, 0.1) is 11.3 Å². The first-order chi connectivity index (χ1) is 6.31. The summed E-state index contributed by atoms with van der Waals surface area (Å²) in [6.07, 6.45) is 0. The molecule has 0 saturated heterocycles. The first-order valence-corrected chi connectivity index (χ1v) is 4.10. The molecule has 0 spiro atoms. The summed E-state index contributed by atoms with van der Waals surface area (Å²) in [6.45, 7) is 0.0579. The van der Waals surface area contributed by atoms with Gasteiger partial charge >= 0.3 is 0 Å². The van der Waals surface area contributed by atoms with E-state index in [1.54, 1.807) is 19.2 Å².